The first kappa shape index (κ1) is 16.1. The monoisotopic (exact) mass is 350 g/mol. The van der Waals surface area contributed by atoms with Crippen LogP contribution in [0.1, 0.15) is 37.1 Å². The maximum atomic E-state index is 12.8. The summed E-state index contributed by atoms with van der Waals surface area (Å²) in [6.45, 7) is 6.17. The van der Waals surface area contributed by atoms with Crippen LogP contribution in [-0.2, 0) is 5.41 Å². The molecule has 0 spiro atoms. The molecule has 0 bridgehead atoms. The van der Waals surface area contributed by atoms with Gasteiger partial charge in [-0.05, 0) is 30.3 Å². The van der Waals surface area contributed by atoms with Gasteiger partial charge in [0.1, 0.15) is 5.82 Å². The number of imidazole rings is 1. The van der Waals surface area contributed by atoms with Crippen molar-refractivity contribution in [1.82, 2.24) is 14.4 Å². The molecule has 0 radical (unpaired) electrons. The van der Waals surface area contributed by atoms with Crippen molar-refractivity contribution >= 4 is 28.2 Å². The summed E-state index contributed by atoms with van der Waals surface area (Å²) < 4.78 is 6.91. The van der Waals surface area contributed by atoms with Crippen LogP contribution in [0.3, 0.4) is 0 Å². The zero-order valence-corrected chi connectivity index (χ0v) is 14.7. The number of nitrogens with zero attached hydrogens (tertiary/aromatic N) is 2. The molecule has 0 saturated carbocycles. The van der Waals surface area contributed by atoms with E-state index in [1.165, 1.54) is 0 Å². The second-order valence-electron chi connectivity index (χ2n) is 7.17. The summed E-state index contributed by atoms with van der Waals surface area (Å²) in [5.41, 5.74) is 2.41. The third kappa shape index (κ3) is 2.67. The van der Waals surface area contributed by atoms with Crippen LogP contribution >= 0.6 is 0 Å². The molecule has 0 aliphatic rings. The molecule has 26 heavy (non-hydrogen) atoms. The Morgan fingerprint density at radius 3 is 2.81 bits per heavy atom. The van der Waals surface area contributed by atoms with Gasteiger partial charge in [-0.15, -0.1) is 0 Å². The number of rotatable bonds is 2. The molecule has 7 heteroatoms. The zero-order valence-electron chi connectivity index (χ0n) is 14.7. The third-order valence-corrected chi connectivity index (χ3v) is 4.11. The Morgan fingerprint density at radius 1 is 1.23 bits per heavy atom. The van der Waals surface area contributed by atoms with Gasteiger partial charge in [0, 0.05) is 17.3 Å². The summed E-state index contributed by atoms with van der Waals surface area (Å²) in [6, 6.07) is 10.6. The van der Waals surface area contributed by atoms with Gasteiger partial charge in [-0.2, -0.15) is 0 Å². The van der Waals surface area contributed by atoms with E-state index in [9.17, 15) is 9.59 Å². The van der Waals surface area contributed by atoms with Crippen LogP contribution in [-0.4, -0.2) is 20.3 Å². The van der Waals surface area contributed by atoms with Crippen LogP contribution < -0.4 is 11.1 Å². The van der Waals surface area contributed by atoms with E-state index in [4.69, 9.17) is 4.42 Å². The molecule has 2 N–H and O–H groups in total. The number of benzene rings is 1. The van der Waals surface area contributed by atoms with Gasteiger partial charge in [0.2, 0.25) is 0 Å². The van der Waals surface area contributed by atoms with Gasteiger partial charge in [0.05, 0.1) is 11.0 Å². The Balaban J connectivity index is 1.74. The third-order valence-electron chi connectivity index (χ3n) is 4.11. The largest absolute Gasteiger partial charge is 0.417 e. The van der Waals surface area contributed by atoms with Gasteiger partial charge in [-0.25, -0.2) is 9.78 Å². The number of hydrogen-bond donors (Lipinski definition) is 2. The van der Waals surface area contributed by atoms with Gasteiger partial charge in [0.25, 0.3) is 5.91 Å². The molecule has 3 heterocycles. The fourth-order valence-corrected chi connectivity index (χ4v) is 2.95. The average Bonchev–Trinajstić information content (AvgIpc) is 3.13. The maximum absolute atomic E-state index is 12.8. The minimum absolute atomic E-state index is 0.210. The molecule has 1 aromatic carbocycles. The quantitative estimate of drug-likeness (QED) is 0.580. The van der Waals surface area contributed by atoms with Gasteiger partial charge < -0.3 is 14.1 Å². The van der Waals surface area contributed by atoms with E-state index in [1.54, 1.807) is 18.2 Å². The van der Waals surface area contributed by atoms with E-state index in [0.29, 0.717) is 22.5 Å². The Bertz CT molecular complexity index is 1190. The standard InChI is InChI=1S/C19H18N4O3/c1-19(2,3)17-22-15(13-6-4-5-9-23(13)17)16(24)20-11-7-8-14-12(10-11)21-18(25)26-14/h4-10H,1-3H3,(H,20,24)(H,21,25). The molecule has 132 valence electrons. The smallest absolute Gasteiger partial charge is 0.408 e. The number of fused-ring (bicyclic) bond motifs is 2. The van der Waals surface area contributed by atoms with Crippen molar-refractivity contribution in [2.75, 3.05) is 5.32 Å². The van der Waals surface area contributed by atoms with Crippen LogP contribution in [0.4, 0.5) is 5.69 Å². The van der Waals surface area contributed by atoms with Crippen molar-refractivity contribution < 1.29 is 9.21 Å². The van der Waals surface area contributed by atoms with Crippen molar-refractivity contribution in [3.05, 3.63) is 64.7 Å². The van der Waals surface area contributed by atoms with Crippen molar-refractivity contribution in [2.24, 2.45) is 0 Å². The fourth-order valence-electron chi connectivity index (χ4n) is 2.95. The topological polar surface area (TPSA) is 92.4 Å². The number of nitrogens with one attached hydrogen (secondary N) is 2. The molecule has 0 fully saturated rings. The van der Waals surface area contributed by atoms with Gasteiger partial charge >= 0.3 is 5.76 Å². The number of amides is 1. The highest BCUT2D eigenvalue weighted by Crippen LogP contribution is 2.25. The summed E-state index contributed by atoms with van der Waals surface area (Å²) >= 11 is 0. The molecule has 1 amide bonds. The number of pyridine rings is 1. The second kappa shape index (κ2) is 5.59. The molecular formula is C19H18N4O3. The van der Waals surface area contributed by atoms with Gasteiger partial charge in [-0.1, -0.05) is 26.8 Å². The lowest BCUT2D eigenvalue weighted by Gasteiger charge is -2.16. The molecule has 0 aliphatic carbocycles. The van der Waals surface area contributed by atoms with Gasteiger partial charge in [-0.3, -0.25) is 9.78 Å². The van der Waals surface area contributed by atoms with Crippen molar-refractivity contribution in [2.45, 2.75) is 26.2 Å². The lowest BCUT2D eigenvalue weighted by atomic mass is 9.96. The Hall–Kier alpha value is -3.35. The number of oxazole rings is 1. The van der Waals surface area contributed by atoms with E-state index in [0.717, 1.165) is 11.3 Å². The second-order valence-corrected chi connectivity index (χ2v) is 7.17. The molecule has 3 aromatic heterocycles. The lowest BCUT2D eigenvalue weighted by molar-refractivity contribution is 0.102. The first-order chi connectivity index (χ1) is 12.3. The Labute approximate surface area is 148 Å². The number of anilines is 1. The number of H-pyrrole nitrogens is 1. The molecule has 0 atom stereocenters. The summed E-state index contributed by atoms with van der Waals surface area (Å²) in [7, 11) is 0. The summed E-state index contributed by atoms with van der Waals surface area (Å²) in [5.74, 6) is -0.0272. The number of aromatic nitrogens is 3. The SMILES string of the molecule is CC(C)(C)c1nc(C(=O)Nc2ccc3oc(=O)[nH]c3c2)c2ccccn12. The molecule has 7 nitrogen and oxygen atoms in total. The van der Waals surface area contributed by atoms with Crippen LogP contribution in [0.25, 0.3) is 16.6 Å². The van der Waals surface area contributed by atoms with E-state index < -0.39 is 5.76 Å². The number of hydrogen-bond acceptors (Lipinski definition) is 4. The van der Waals surface area contributed by atoms with Gasteiger partial charge in [0.15, 0.2) is 11.3 Å². The van der Waals surface area contributed by atoms with Crippen LogP contribution in [0, 0.1) is 0 Å². The molecule has 4 aromatic rings. The summed E-state index contributed by atoms with van der Waals surface area (Å²) in [6.07, 6.45) is 1.90. The summed E-state index contributed by atoms with van der Waals surface area (Å²) in [5, 5.41) is 2.84. The van der Waals surface area contributed by atoms with E-state index in [-0.39, 0.29) is 11.3 Å². The van der Waals surface area contributed by atoms with Crippen LogP contribution in [0.5, 0.6) is 0 Å². The predicted molar refractivity (Wildman–Crippen MR) is 98.7 cm³/mol. The molecular weight excluding hydrogens is 332 g/mol. The number of carbonyl (C=O) groups excluding carboxylic acids is 1. The molecule has 0 saturated heterocycles. The lowest BCUT2D eigenvalue weighted by Crippen LogP contribution is -2.16. The van der Waals surface area contributed by atoms with Crippen molar-refractivity contribution in [3.8, 4) is 0 Å². The molecule has 4 rings (SSSR count). The zero-order chi connectivity index (χ0) is 18.5. The Morgan fingerprint density at radius 2 is 2.04 bits per heavy atom. The fraction of sp³-hybridized carbons (Fsp3) is 0.211. The van der Waals surface area contributed by atoms with E-state index in [2.05, 4.69) is 36.1 Å². The minimum atomic E-state index is -0.529. The first-order valence-electron chi connectivity index (χ1n) is 8.25. The minimum Gasteiger partial charge on any atom is -0.408 e. The average molecular weight is 350 g/mol. The van der Waals surface area contributed by atoms with Crippen LogP contribution in [0.15, 0.2) is 51.8 Å². The van der Waals surface area contributed by atoms with Crippen LogP contribution in [0.2, 0.25) is 0 Å². The predicted octanol–water partition coefficient (Wildman–Crippen LogP) is 3.32. The van der Waals surface area contributed by atoms with E-state index in [1.807, 2.05) is 28.8 Å². The maximum Gasteiger partial charge on any atom is 0.417 e. The molecule has 0 aliphatic heterocycles. The van der Waals surface area contributed by atoms with Crippen molar-refractivity contribution in [3.63, 3.8) is 0 Å². The van der Waals surface area contributed by atoms with E-state index >= 15 is 0 Å². The highest BCUT2D eigenvalue weighted by atomic mass is 16.4. The highest BCUT2D eigenvalue weighted by Gasteiger charge is 2.25. The highest BCUT2D eigenvalue weighted by molar-refractivity contribution is 6.08. The Kier molecular flexibility index (Phi) is 3.47. The van der Waals surface area contributed by atoms with Crippen molar-refractivity contribution in [1.29, 1.82) is 0 Å². The summed E-state index contributed by atoms with van der Waals surface area (Å²) in [4.78, 5) is 31.3. The molecule has 0 unspecified atom stereocenters. The normalized spacial score (nSPS) is 12.0. The number of carbonyl (C=O) groups is 1. The first-order valence-corrected chi connectivity index (χ1v) is 8.25. The number of aromatic amines is 1.